The summed E-state index contributed by atoms with van der Waals surface area (Å²) in [7, 11) is 0. The van der Waals surface area contributed by atoms with Gasteiger partial charge in [0, 0.05) is 16.1 Å². The highest BCUT2D eigenvalue weighted by atomic mass is 79.9. The van der Waals surface area contributed by atoms with Gasteiger partial charge in [0.25, 0.3) is 5.91 Å². The molecular weight excluding hydrogens is 398 g/mol. The van der Waals surface area contributed by atoms with Crippen molar-refractivity contribution in [1.29, 1.82) is 0 Å². The lowest BCUT2D eigenvalue weighted by Gasteiger charge is -2.14. The van der Waals surface area contributed by atoms with E-state index in [1.165, 1.54) is 19.9 Å². The van der Waals surface area contributed by atoms with Gasteiger partial charge in [-0.3, -0.25) is 9.59 Å². The molecule has 0 radical (unpaired) electrons. The standard InChI is InChI=1S/C20H18BrNO4/c1-13(23)17-8-3-4-9-18(17)22-20(25)14(2)26-19(24)11-10-15-6-5-7-16(21)12-15/h3-12,14H,1-2H3,(H,22,25)/b11-10+/t14-/m1/s1. The Morgan fingerprint density at radius 3 is 2.54 bits per heavy atom. The van der Waals surface area contributed by atoms with Gasteiger partial charge < -0.3 is 10.1 Å². The summed E-state index contributed by atoms with van der Waals surface area (Å²) in [5.74, 6) is -1.31. The maximum atomic E-state index is 12.2. The number of esters is 1. The fourth-order valence-corrected chi connectivity index (χ4v) is 2.59. The van der Waals surface area contributed by atoms with Crippen molar-refractivity contribution < 1.29 is 19.1 Å². The molecule has 0 saturated carbocycles. The second-order valence-corrected chi connectivity index (χ2v) is 6.47. The average molecular weight is 416 g/mol. The number of halogens is 1. The van der Waals surface area contributed by atoms with Crippen molar-refractivity contribution in [3.05, 3.63) is 70.2 Å². The number of nitrogens with one attached hydrogen (secondary N) is 1. The molecule has 0 spiro atoms. The zero-order chi connectivity index (χ0) is 19.1. The molecule has 6 heteroatoms. The molecule has 1 N–H and O–H groups in total. The number of Topliss-reactive ketones (excluding diaryl/α,β-unsaturated/α-hetero) is 1. The van der Waals surface area contributed by atoms with Crippen LogP contribution in [0, 0.1) is 0 Å². The number of anilines is 1. The molecule has 2 rings (SSSR count). The van der Waals surface area contributed by atoms with Crippen LogP contribution < -0.4 is 5.32 Å². The summed E-state index contributed by atoms with van der Waals surface area (Å²) in [5, 5.41) is 2.61. The summed E-state index contributed by atoms with van der Waals surface area (Å²) < 4.78 is 6.00. The second kappa shape index (κ2) is 9.10. The number of amides is 1. The van der Waals surface area contributed by atoms with Crippen LogP contribution in [0.3, 0.4) is 0 Å². The summed E-state index contributed by atoms with van der Waals surface area (Å²) in [6.45, 7) is 2.89. The molecule has 1 amide bonds. The molecule has 0 heterocycles. The lowest BCUT2D eigenvalue weighted by molar-refractivity contribution is -0.148. The van der Waals surface area contributed by atoms with E-state index in [2.05, 4.69) is 21.2 Å². The Hall–Kier alpha value is -2.73. The van der Waals surface area contributed by atoms with Crippen LogP contribution in [0.15, 0.2) is 59.1 Å². The largest absolute Gasteiger partial charge is 0.449 e. The molecule has 0 aliphatic heterocycles. The maximum Gasteiger partial charge on any atom is 0.331 e. The van der Waals surface area contributed by atoms with Gasteiger partial charge in [-0.25, -0.2) is 4.79 Å². The van der Waals surface area contributed by atoms with Gasteiger partial charge in [-0.05, 0) is 49.8 Å². The molecule has 0 unspecified atom stereocenters. The molecule has 0 bridgehead atoms. The molecule has 5 nitrogen and oxygen atoms in total. The third-order valence-electron chi connectivity index (χ3n) is 3.49. The molecule has 26 heavy (non-hydrogen) atoms. The predicted molar refractivity (Wildman–Crippen MR) is 104 cm³/mol. The Labute approximate surface area is 160 Å². The van der Waals surface area contributed by atoms with Crippen LogP contribution in [0.25, 0.3) is 6.08 Å². The number of hydrogen-bond acceptors (Lipinski definition) is 4. The molecule has 2 aromatic rings. The third-order valence-corrected chi connectivity index (χ3v) is 3.98. The molecule has 1 atom stereocenters. The van der Waals surface area contributed by atoms with Gasteiger partial charge in [0.2, 0.25) is 0 Å². The van der Waals surface area contributed by atoms with Crippen molar-refractivity contribution in [1.82, 2.24) is 0 Å². The van der Waals surface area contributed by atoms with Crippen molar-refractivity contribution in [2.75, 3.05) is 5.32 Å². The van der Waals surface area contributed by atoms with E-state index in [9.17, 15) is 14.4 Å². The van der Waals surface area contributed by atoms with Crippen LogP contribution in [-0.4, -0.2) is 23.8 Å². The Kier molecular flexibility index (Phi) is 6.86. The normalized spacial score (nSPS) is 11.8. The monoisotopic (exact) mass is 415 g/mol. The minimum atomic E-state index is -1.00. The number of ketones is 1. The molecule has 0 aliphatic carbocycles. The van der Waals surface area contributed by atoms with Gasteiger partial charge in [0.15, 0.2) is 11.9 Å². The molecule has 2 aromatic carbocycles. The van der Waals surface area contributed by atoms with Crippen LogP contribution in [-0.2, 0) is 14.3 Å². The number of hydrogen-bond donors (Lipinski definition) is 1. The highest BCUT2D eigenvalue weighted by molar-refractivity contribution is 9.10. The predicted octanol–water partition coefficient (Wildman–Crippen LogP) is 4.24. The van der Waals surface area contributed by atoms with Gasteiger partial charge >= 0.3 is 5.97 Å². The number of ether oxygens (including phenoxy) is 1. The molecule has 134 valence electrons. The van der Waals surface area contributed by atoms with Crippen LogP contribution in [0.5, 0.6) is 0 Å². The zero-order valence-electron chi connectivity index (χ0n) is 14.4. The number of rotatable bonds is 6. The first-order chi connectivity index (χ1) is 12.4. The number of carbonyl (C=O) groups excluding carboxylic acids is 3. The first kappa shape index (κ1) is 19.6. The van der Waals surface area contributed by atoms with Crippen molar-refractivity contribution in [2.45, 2.75) is 20.0 Å². The summed E-state index contributed by atoms with van der Waals surface area (Å²) in [6.07, 6.45) is 1.85. The first-order valence-electron chi connectivity index (χ1n) is 7.92. The highest BCUT2D eigenvalue weighted by Crippen LogP contribution is 2.16. The van der Waals surface area contributed by atoms with Crippen molar-refractivity contribution >= 4 is 45.4 Å². The molecule has 0 saturated heterocycles. The molecule has 0 aromatic heterocycles. The molecule has 0 aliphatic rings. The van der Waals surface area contributed by atoms with E-state index in [1.807, 2.05) is 24.3 Å². The maximum absolute atomic E-state index is 12.2. The Morgan fingerprint density at radius 1 is 1.12 bits per heavy atom. The zero-order valence-corrected chi connectivity index (χ0v) is 15.9. The van der Waals surface area contributed by atoms with Crippen LogP contribution >= 0.6 is 15.9 Å². The lowest BCUT2D eigenvalue weighted by atomic mass is 10.1. The Morgan fingerprint density at radius 2 is 1.85 bits per heavy atom. The smallest absolute Gasteiger partial charge is 0.331 e. The van der Waals surface area contributed by atoms with E-state index < -0.39 is 18.0 Å². The highest BCUT2D eigenvalue weighted by Gasteiger charge is 2.18. The van der Waals surface area contributed by atoms with E-state index in [-0.39, 0.29) is 5.78 Å². The fourth-order valence-electron chi connectivity index (χ4n) is 2.18. The Bertz CT molecular complexity index is 860. The van der Waals surface area contributed by atoms with Gasteiger partial charge in [-0.1, -0.05) is 40.2 Å². The third kappa shape index (κ3) is 5.67. The van der Waals surface area contributed by atoms with E-state index in [0.717, 1.165) is 10.0 Å². The van der Waals surface area contributed by atoms with Crippen molar-refractivity contribution in [3.8, 4) is 0 Å². The van der Waals surface area contributed by atoms with Crippen LogP contribution in [0.4, 0.5) is 5.69 Å². The minimum Gasteiger partial charge on any atom is -0.449 e. The van der Waals surface area contributed by atoms with Crippen LogP contribution in [0.2, 0.25) is 0 Å². The van der Waals surface area contributed by atoms with E-state index in [0.29, 0.717) is 11.3 Å². The summed E-state index contributed by atoms with van der Waals surface area (Å²) in [5.41, 5.74) is 1.61. The van der Waals surface area contributed by atoms with E-state index in [1.54, 1.807) is 30.3 Å². The number of carbonyl (C=O) groups is 3. The second-order valence-electron chi connectivity index (χ2n) is 5.56. The number of benzene rings is 2. The Balaban J connectivity index is 1.96. The lowest BCUT2D eigenvalue weighted by Crippen LogP contribution is -2.30. The fraction of sp³-hybridized carbons (Fsp3) is 0.150. The summed E-state index contributed by atoms with van der Waals surface area (Å²) in [6, 6.07) is 14.1. The first-order valence-corrected chi connectivity index (χ1v) is 8.71. The van der Waals surface area contributed by atoms with Gasteiger partial charge in [0.1, 0.15) is 0 Å². The van der Waals surface area contributed by atoms with Gasteiger partial charge in [-0.2, -0.15) is 0 Å². The van der Waals surface area contributed by atoms with Gasteiger partial charge in [0.05, 0.1) is 5.69 Å². The average Bonchev–Trinajstić information content (AvgIpc) is 2.60. The van der Waals surface area contributed by atoms with E-state index in [4.69, 9.17) is 4.74 Å². The van der Waals surface area contributed by atoms with Crippen LogP contribution in [0.1, 0.15) is 29.8 Å². The van der Waals surface area contributed by atoms with Crippen molar-refractivity contribution in [3.63, 3.8) is 0 Å². The number of para-hydroxylation sites is 1. The SMILES string of the molecule is CC(=O)c1ccccc1NC(=O)[C@@H](C)OC(=O)/C=C/c1cccc(Br)c1. The minimum absolute atomic E-state index is 0.164. The summed E-state index contributed by atoms with van der Waals surface area (Å²) in [4.78, 5) is 35.7. The van der Waals surface area contributed by atoms with Gasteiger partial charge in [-0.15, -0.1) is 0 Å². The molecule has 0 fully saturated rings. The quantitative estimate of drug-likeness (QED) is 0.435. The van der Waals surface area contributed by atoms with Crippen molar-refractivity contribution in [2.24, 2.45) is 0 Å². The summed E-state index contributed by atoms with van der Waals surface area (Å²) >= 11 is 3.35. The topological polar surface area (TPSA) is 72.5 Å². The van der Waals surface area contributed by atoms with E-state index >= 15 is 0 Å². The molecular formula is C20H18BrNO4.